The molecule has 0 radical (unpaired) electrons. The molecule has 2 aliphatic heterocycles. The normalized spacial score (nSPS) is 21.1. The van der Waals surface area contributed by atoms with Crippen LogP contribution < -0.4 is 0 Å². The fourth-order valence-electron chi connectivity index (χ4n) is 3.42. The van der Waals surface area contributed by atoms with Gasteiger partial charge in [0.15, 0.2) is 0 Å². The molecular weight excluding hydrogens is 306 g/mol. The molecule has 2 aliphatic rings. The molecule has 3 rings (SSSR count). The van der Waals surface area contributed by atoms with Crippen molar-refractivity contribution in [3.8, 4) is 0 Å². The van der Waals surface area contributed by atoms with E-state index in [4.69, 9.17) is 4.74 Å². The number of ether oxygens (including phenoxy) is 1. The van der Waals surface area contributed by atoms with Crippen LogP contribution in [0.25, 0.3) is 0 Å². The molecule has 0 aliphatic carbocycles. The number of likely N-dealkylation sites (tertiary alicyclic amines) is 1. The molecule has 0 bridgehead atoms. The number of morpholine rings is 1. The summed E-state index contributed by atoms with van der Waals surface area (Å²) in [4.78, 5) is 32.2. The number of nitrogens with zero attached hydrogens (tertiary/aromatic N) is 3. The van der Waals surface area contributed by atoms with Gasteiger partial charge in [0.1, 0.15) is 0 Å². The molecule has 0 aromatic carbocycles. The highest BCUT2D eigenvalue weighted by molar-refractivity contribution is 5.84. The molecule has 0 spiro atoms. The topological polar surface area (TPSA) is 62.7 Å². The molecular formula is C18H25N3O3. The Morgan fingerprint density at radius 1 is 1.04 bits per heavy atom. The number of aromatic nitrogens is 1. The summed E-state index contributed by atoms with van der Waals surface area (Å²) in [5.41, 5.74) is 1.27. The Morgan fingerprint density at radius 3 is 2.42 bits per heavy atom. The first-order chi connectivity index (χ1) is 11.7. The van der Waals surface area contributed by atoms with E-state index in [0.717, 1.165) is 25.9 Å². The van der Waals surface area contributed by atoms with Gasteiger partial charge in [-0.3, -0.25) is 14.6 Å². The van der Waals surface area contributed by atoms with E-state index in [-0.39, 0.29) is 11.8 Å². The van der Waals surface area contributed by atoms with Crippen LogP contribution in [-0.2, 0) is 20.7 Å². The van der Waals surface area contributed by atoms with E-state index in [1.165, 1.54) is 5.56 Å². The molecule has 0 N–H and O–H groups in total. The summed E-state index contributed by atoms with van der Waals surface area (Å²) in [6, 6.07) is 4.07. The second kappa shape index (κ2) is 8.24. The molecule has 1 unspecified atom stereocenters. The molecule has 1 aromatic rings. The Kier molecular flexibility index (Phi) is 5.80. The molecule has 130 valence electrons. The summed E-state index contributed by atoms with van der Waals surface area (Å²) in [7, 11) is 0. The van der Waals surface area contributed by atoms with E-state index in [0.29, 0.717) is 45.1 Å². The molecule has 24 heavy (non-hydrogen) atoms. The van der Waals surface area contributed by atoms with Crippen molar-refractivity contribution < 1.29 is 14.3 Å². The molecule has 1 aromatic heterocycles. The summed E-state index contributed by atoms with van der Waals surface area (Å²) in [6.07, 6.45) is 6.27. The zero-order valence-corrected chi connectivity index (χ0v) is 14.0. The number of hydrogen-bond acceptors (Lipinski definition) is 4. The van der Waals surface area contributed by atoms with Crippen molar-refractivity contribution in [2.24, 2.45) is 5.92 Å². The predicted octanol–water partition coefficient (Wildman–Crippen LogP) is 1.11. The third-order valence-corrected chi connectivity index (χ3v) is 4.83. The van der Waals surface area contributed by atoms with E-state index in [2.05, 4.69) is 4.98 Å². The molecule has 2 saturated heterocycles. The van der Waals surface area contributed by atoms with E-state index in [1.807, 2.05) is 29.4 Å². The molecule has 6 nitrogen and oxygen atoms in total. The van der Waals surface area contributed by atoms with Crippen LogP contribution in [0.1, 0.15) is 24.8 Å². The van der Waals surface area contributed by atoms with Gasteiger partial charge in [0.2, 0.25) is 11.8 Å². The summed E-state index contributed by atoms with van der Waals surface area (Å²) in [6.45, 7) is 4.09. The van der Waals surface area contributed by atoms with E-state index < -0.39 is 0 Å². The van der Waals surface area contributed by atoms with Gasteiger partial charge in [0, 0.05) is 51.4 Å². The maximum absolute atomic E-state index is 12.4. The summed E-state index contributed by atoms with van der Waals surface area (Å²) in [5, 5.41) is 0. The lowest BCUT2D eigenvalue weighted by Gasteiger charge is -2.27. The Bertz CT molecular complexity index is 558. The van der Waals surface area contributed by atoms with Crippen LogP contribution in [0.15, 0.2) is 24.5 Å². The predicted molar refractivity (Wildman–Crippen MR) is 89.3 cm³/mol. The smallest absolute Gasteiger partial charge is 0.223 e. The Morgan fingerprint density at radius 2 is 1.71 bits per heavy atom. The van der Waals surface area contributed by atoms with Gasteiger partial charge in [-0.05, 0) is 36.5 Å². The standard InChI is InChI=1S/C18H25N3O3/c22-17(20-9-11-24-12-10-20)1-2-18(23)21-8-5-16(14-21)13-15-3-6-19-7-4-15/h3-4,6-7,16H,1-2,5,8-14H2. The zero-order chi connectivity index (χ0) is 16.8. The largest absolute Gasteiger partial charge is 0.378 e. The van der Waals surface area contributed by atoms with Crippen molar-refractivity contribution in [1.82, 2.24) is 14.8 Å². The highest BCUT2D eigenvalue weighted by atomic mass is 16.5. The van der Waals surface area contributed by atoms with Crippen molar-refractivity contribution >= 4 is 11.8 Å². The lowest BCUT2D eigenvalue weighted by molar-refractivity contribution is -0.139. The molecule has 2 fully saturated rings. The van der Waals surface area contributed by atoms with Crippen LogP contribution in [0.2, 0.25) is 0 Å². The number of hydrogen-bond donors (Lipinski definition) is 0. The first-order valence-electron chi connectivity index (χ1n) is 8.74. The van der Waals surface area contributed by atoms with Crippen LogP contribution in [0, 0.1) is 5.92 Å². The van der Waals surface area contributed by atoms with Crippen LogP contribution in [-0.4, -0.2) is 66.0 Å². The minimum atomic E-state index is 0.0687. The maximum atomic E-state index is 12.4. The van der Waals surface area contributed by atoms with Crippen molar-refractivity contribution in [2.45, 2.75) is 25.7 Å². The number of amides is 2. The van der Waals surface area contributed by atoms with Crippen molar-refractivity contribution in [1.29, 1.82) is 0 Å². The Hall–Kier alpha value is -1.95. The van der Waals surface area contributed by atoms with Gasteiger partial charge < -0.3 is 14.5 Å². The number of rotatable bonds is 5. The molecule has 2 amide bonds. The van der Waals surface area contributed by atoms with E-state index in [1.54, 1.807) is 4.90 Å². The maximum Gasteiger partial charge on any atom is 0.223 e. The average molecular weight is 331 g/mol. The lowest BCUT2D eigenvalue weighted by atomic mass is 10.00. The fourth-order valence-corrected chi connectivity index (χ4v) is 3.42. The SMILES string of the molecule is O=C(CCC(=O)N1CCC(Cc2ccncc2)C1)N1CCOCC1. The van der Waals surface area contributed by atoms with E-state index >= 15 is 0 Å². The second-order valence-electron chi connectivity index (χ2n) is 6.55. The zero-order valence-electron chi connectivity index (χ0n) is 14.0. The minimum Gasteiger partial charge on any atom is -0.378 e. The van der Waals surface area contributed by atoms with Gasteiger partial charge in [-0.25, -0.2) is 0 Å². The van der Waals surface area contributed by atoms with Crippen molar-refractivity contribution in [2.75, 3.05) is 39.4 Å². The van der Waals surface area contributed by atoms with Gasteiger partial charge in [-0.2, -0.15) is 0 Å². The van der Waals surface area contributed by atoms with Gasteiger partial charge in [0.05, 0.1) is 13.2 Å². The summed E-state index contributed by atoms with van der Waals surface area (Å²) in [5.74, 6) is 0.680. The summed E-state index contributed by atoms with van der Waals surface area (Å²) >= 11 is 0. The van der Waals surface area contributed by atoms with E-state index in [9.17, 15) is 9.59 Å². The first kappa shape index (κ1) is 16.9. The highest BCUT2D eigenvalue weighted by Crippen LogP contribution is 2.21. The first-order valence-corrected chi connectivity index (χ1v) is 8.74. The third kappa shape index (κ3) is 4.54. The molecule has 0 saturated carbocycles. The number of carbonyl (C=O) groups is 2. The molecule has 1 atom stereocenters. The monoisotopic (exact) mass is 331 g/mol. The van der Waals surface area contributed by atoms with Crippen LogP contribution in [0.5, 0.6) is 0 Å². The Labute approximate surface area is 142 Å². The fraction of sp³-hybridized carbons (Fsp3) is 0.611. The van der Waals surface area contributed by atoms with Crippen LogP contribution in [0.4, 0.5) is 0 Å². The van der Waals surface area contributed by atoms with Crippen LogP contribution in [0.3, 0.4) is 0 Å². The highest BCUT2D eigenvalue weighted by Gasteiger charge is 2.27. The number of carbonyl (C=O) groups excluding carboxylic acids is 2. The average Bonchev–Trinajstić information content (AvgIpc) is 3.09. The van der Waals surface area contributed by atoms with Crippen molar-refractivity contribution in [3.05, 3.63) is 30.1 Å². The second-order valence-corrected chi connectivity index (χ2v) is 6.55. The third-order valence-electron chi connectivity index (χ3n) is 4.83. The van der Waals surface area contributed by atoms with Gasteiger partial charge in [-0.1, -0.05) is 0 Å². The van der Waals surface area contributed by atoms with Crippen molar-refractivity contribution in [3.63, 3.8) is 0 Å². The minimum absolute atomic E-state index is 0.0687. The van der Waals surface area contributed by atoms with Gasteiger partial charge >= 0.3 is 0 Å². The Balaban J connectivity index is 1.40. The lowest BCUT2D eigenvalue weighted by Crippen LogP contribution is -2.41. The molecule has 3 heterocycles. The van der Waals surface area contributed by atoms with Crippen LogP contribution >= 0.6 is 0 Å². The summed E-state index contributed by atoms with van der Waals surface area (Å²) < 4.78 is 5.24. The number of pyridine rings is 1. The van der Waals surface area contributed by atoms with Gasteiger partial charge in [-0.15, -0.1) is 0 Å². The molecule has 6 heteroatoms. The van der Waals surface area contributed by atoms with Gasteiger partial charge in [0.25, 0.3) is 0 Å². The quantitative estimate of drug-likeness (QED) is 0.811.